The van der Waals surface area contributed by atoms with E-state index in [9.17, 15) is 37.6 Å². The number of rotatable bonds is 8. The molecule has 36 heavy (non-hydrogen) atoms. The summed E-state index contributed by atoms with van der Waals surface area (Å²) < 4.78 is 38.9. The minimum absolute atomic E-state index is 0.0129. The van der Waals surface area contributed by atoms with E-state index in [4.69, 9.17) is 0 Å². The van der Waals surface area contributed by atoms with Gasteiger partial charge in [-0.1, -0.05) is 33.1 Å². The third-order valence-electron chi connectivity index (χ3n) is 8.57. The lowest BCUT2D eigenvalue weighted by molar-refractivity contribution is -0.175. The molecule has 198 valence electrons. The standard InChI is InChI=1S/C24H32F3N5O4/c1-23(2)15-11-32(21(35)16(8-12-4-3-5-12)31-22(36)24(25,26)27)18(17(15)23)20(34)30-14(10-28)9-13-6-7-29-19(13)33/h12-18H,3-9,11H2,1-2H3,(H,29,33)(H,30,34)(H,31,36)/t13-,14-,15-,16-,17-,18-/m0/s1. The lowest BCUT2D eigenvalue weighted by Gasteiger charge is -2.36. The predicted molar refractivity (Wildman–Crippen MR) is 119 cm³/mol. The number of piperidine rings is 1. The van der Waals surface area contributed by atoms with E-state index in [-0.39, 0.29) is 48.5 Å². The molecule has 9 nitrogen and oxygen atoms in total. The van der Waals surface area contributed by atoms with E-state index in [1.165, 1.54) is 4.90 Å². The van der Waals surface area contributed by atoms with Crippen LogP contribution in [0.3, 0.4) is 0 Å². The molecular weight excluding hydrogens is 479 g/mol. The van der Waals surface area contributed by atoms with Gasteiger partial charge in [0.05, 0.1) is 6.07 Å². The van der Waals surface area contributed by atoms with Gasteiger partial charge < -0.3 is 20.9 Å². The van der Waals surface area contributed by atoms with E-state index < -0.39 is 47.9 Å². The highest BCUT2D eigenvalue weighted by Gasteiger charge is 2.69. The van der Waals surface area contributed by atoms with Crippen molar-refractivity contribution in [2.45, 2.75) is 76.7 Å². The zero-order valence-corrected chi connectivity index (χ0v) is 20.4. The van der Waals surface area contributed by atoms with Crippen molar-refractivity contribution in [1.29, 1.82) is 5.26 Å². The minimum Gasteiger partial charge on any atom is -0.356 e. The van der Waals surface area contributed by atoms with Crippen LogP contribution >= 0.6 is 0 Å². The average Bonchev–Trinajstić information content (AvgIpc) is 3.13. The van der Waals surface area contributed by atoms with Gasteiger partial charge in [-0.05, 0) is 42.4 Å². The van der Waals surface area contributed by atoms with Crippen LogP contribution in [0.2, 0.25) is 0 Å². The van der Waals surface area contributed by atoms with Crippen molar-refractivity contribution in [3.8, 4) is 6.07 Å². The Balaban J connectivity index is 1.50. The number of nitrogens with zero attached hydrogens (tertiary/aromatic N) is 2. The van der Waals surface area contributed by atoms with Crippen LogP contribution < -0.4 is 16.0 Å². The number of nitriles is 1. The summed E-state index contributed by atoms with van der Waals surface area (Å²) >= 11 is 0. The van der Waals surface area contributed by atoms with Gasteiger partial charge in [0.15, 0.2) is 0 Å². The van der Waals surface area contributed by atoms with Gasteiger partial charge in [0, 0.05) is 19.0 Å². The van der Waals surface area contributed by atoms with E-state index in [0.717, 1.165) is 19.3 Å². The van der Waals surface area contributed by atoms with Gasteiger partial charge >= 0.3 is 12.1 Å². The van der Waals surface area contributed by atoms with E-state index in [1.807, 2.05) is 25.2 Å². The number of alkyl halides is 3. The van der Waals surface area contributed by atoms with Crippen LogP contribution in [-0.2, 0) is 19.2 Å². The molecule has 0 aromatic carbocycles. The molecule has 4 amide bonds. The average molecular weight is 512 g/mol. The van der Waals surface area contributed by atoms with Crippen molar-refractivity contribution in [3.63, 3.8) is 0 Å². The molecule has 4 rings (SSSR count). The smallest absolute Gasteiger partial charge is 0.356 e. The van der Waals surface area contributed by atoms with Crippen LogP contribution in [-0.4, -0.2) is 65.9 Å². The zero-order valence-electron chi connectivity index (χ0n) is 20.4. The van der Waals surface area contributed by atoms with Gasteiger partial charge in [-0.15, -0.1) is 0 Å². The number of halogens is 3. The largest absolute Gasteiger partial charge is 0.471 e. The first-order valence-electron chi connectivity index (χ1n) is 12.5. The fraction of sp³-hybridized carbons (Fsp3) is 0.792. The molecule has 4 aliphatic rings. The van der Waals surface area contributed by atoms with Gasteiger partial charge in [0.25, 0.3) is 0 Å². The van der Waals surface area contributed by atoms with Gasteiger partial charge in [0.1, 0.15) is 18.1 Å². The number of carbonyl (C=O) groups excluding carboxylic acids is 4. The summed E-state index contributed by atoms with van der Waals surface area (Å²) in [7, 11) is 0. The summed E-state index contributed by atoms with van der Waals surface area (Å²) in [5.41, 5.74) is -0.245. The van der Waals surface area contributed by atoms with E-state index in [1.54, 1.807) is 0 Å². The second kappa shape index (κ2) is 9.56. The molecule has 4 fully saturated rings. The Labute approximate surface area is 207 Å². The first-order valence-corrected chi connectivity index (χ1v) is 12.5. The third kappa shape index (κ3) is 5.02. The number of hydrogen-bond donors (Lipinski definition) is 3. The fourth-order valence-electron chi connectivity index (χ4n) is 6.09. The Hall–Kier alpha value is -2.84. The number of likely N-dealkylation sites (tertiary alicyclic amines) is 1. The Kier molecular flexibility index (Phi) is 6.96. The molecule has 0 radical (unpaired) electrons. The lowest BCUT2D eigenvalue weighted by Crippen LogP contribution is -2.58. The fourth-order valence-corrected chi connectivity index (χ4v) is 6.09. The van der Waals surface area contributed by atoms with Crippen LogP contribution in [0, 0.1) is 40.4 Å². The van der Waals surface area contributed by atoms with Crippen LogP contribution in [0.4, 0.5) is 13.2 Å². The molecule has 0 bridgehead atoms. The van der Waals surface area contributed by atoms with Gasteiger partial charge in [-0.3, -0.25) is 19.2 Å². The molecule has 2 aliphatic heterocycles. The first kappa shape index (κ1) is 26.2. The molecule has 2 saturated carbocycles. The van der Waals surface area contributed by atoms with E-state index >= 15 is 0 Å². The summed E-state index contributed by atoms with van der Waals surface area (Å²) in [6.07, 6.45) is -1.89. The van der Waals surface area contributed by atoms with E-state index in [0.29, 0.717) is 13.0 Å². The molecule has 0 aromatic heterocycles. The number of nitrogens with one attached hydrogen (secondary N) is 3. The molecule has 2 heterocycles. The summed E-state index contributed by atoms with van der Waals surface area (Å²) in [6, 6.07) is -1.28. The second-order valence-corrected chi connectivity index (χ2v) is 11.1. The third-order valence-corrected chi connectivity index (χ3v) is 8.57. The Morgan fingerprint density at radius 2 is 1.89 bits per heavy atom. The van der Waals surface area contributed by atoms with Crippen LogP contribution in [0.5, 0.6) is 0 Å². The predicted octanol–water partition coefficient (Wildman–Crippen LogP) is 1.24. The Morgan fingerprint density at radius 3 is 2.42 bits per heavy atom. The topological polar surface area (TPSA) is 131 Å². The molecular formula is C24H32F3N5O4. The second-order valence-electron chi connectivity index (χ2n) is 11.1. The monoisotopic (exact) mass is 511 g/mol. The molecule has 2 aliphatic carbocycles. The van der Waals surface area contributed by atoms with Gasteiger partial charge in [-0.2, -0.15) is 18.4 Å². The maximum absolute atomic E-state index is 13.5. The quantitative estimate of drug-likeness (QED) is 0.451. The molecule has 0 unspecified atom stereocenters. The summed E-state index contributed by atoms with van der Waals surface area (Å²) in [5.74, 6) is -4.20. The maximum atomic E-state index is 13.5. The van der Waals surface area contributed by atoms with Crippen LogP contribution in [0.25, 0.3) is 0 Å². The number of amides is 4. The summed E-state index contributed by atoms with van der Waals surface area (Å²) in [6.45, 7) is 4.63. The Morgan fingerprint density at radius 1 is 1.19 bits per heavy atom. The minimum atomic E-state index is -5.13. The first-order chi connectivity index (χ1) is 16.8. The molecule has 12 heteroatoms. The molecule has 2 saturated heterocycles. The van der Waals surface area contributed by atoms with Gasteiger partial charge in [-0.25, -0.2) is 0 Å². The number of carbonyl (C=O) groups is 4. The molecule has 3 N–H and O–H groups in total. The van der Waals surface area contributed by atoms with Crippen molar-refractivity contribution in [2.75, 3.05) is 13.1 Å². The summed E-state index contributed by atoms with van der Waals surface area (Å²) in [4.78, 5) is 51.8. The Bertz CT molecular complexity index is 974. The lowest BCUT2D eigenvalue weighted by atomic mass is 9.80. The highest BCUT2D eigenvalue weighted by atomic mass is 19.4. The number of fused-ring (bicyclic) bond motifs is 1. The molecule has 6 atom stereocenters. The number of hydrogen-bond acceptors (Lipinski definition) is 5. The van der Waals surface area contributed by atoms with Crippen molar-refractivity contribution in [3.05, 3.63) is 0 Å². The summed E-state index contributed by atoms with van der Waals surface area (Å²) in [5, 5.41) is 16.8. The van der Waals surface area contributed by atoms with Crippen molar-refractivity contribution in [1.82, 2.24) is 20.9 Å². The van der Waals surface area contributed by atoms with Crippen LogP contribution in [0.15, 0.2) is 0 Å². The maximum Gasteiger partial charge on any atom is 0.471 e. The normalized spacial score (nSPS) is 30.3. The highest BCUT2D eigenvalue weighted by molar-refractivity contribution is 5.94. The highest BCUT2D eigenvalue weighted by Crippen LogP contribution is 2.65. The van der Waals surface area contributed by atoms with Gasteiger partial charge in [0.2, 0.25) is 17.7 Å². The van der Waals surface area contributed by atoms with E-state index in [2.05, 4.69) is 10.6 Å². The van der Waals surface area contributed by atoms with Crippen molar-refractivity contribution >= 4 is 23.6 Å². The van der Waals surface area contributed by atoms with Crippen molar-refractivity contribution in [2.24, 2.45) is 29.1 Å². The SMILES string of the molecule is CC1(C)[C@@H]2[C@@H](C(=O)N[C@H](C#N)C[C@@H]3CCNC3=O)N(C(=O)[C@H](CC3CCC3)NC(=O)C(F)(F)F)C[C@@H]21. The zero-order chi connectivity index (χ0) is 26.4. The van der Waals surface area contributed by atoms with Crippen molar-refractivity contribution < 1.29 is 32.3 Å². The molecule has 0 spiro atoms. The molecule has 0 aromatic rings. The van der Waals surface area contributed by atoms with Crippen LogP contribution in [0.1, 0.15) is 52.4 Å².